The van der Waals surface area contributed by atoms with Crippen molar-refractivity contribution in [1.29, 1.82) is 0 Å². The van der Waals surface area contributed by atoms with Crippen LogP contribution < -0.4 is 5.32 Å². The Morgan fingerprint density at radius 2 is 1.59 bits per heavy atom. The Bertz CT molecular complexity index is 1000. The zero-order valence-electron chi connectivity index (χ0n) is 20.0. The number of esters is 1. The number of ether oxygens (including phenoxy) is 2. The number of carbonyl (C=O) groups is 3. The van der Waals surface area contributed by atoms with Gasteiger partial charge in [0, 0.05) is 18.2 Å². The number of aliphatic hydroxyl groups excluding tert-OH is 1. The SMILES string of the molecule is COC(=O)c1ccc(C(=O)NC[C@@H](O)CN(C(=O)OC(C)(C)C)C2Cc3ccccc3C2)cc1. The Morgan fingerprint density at radius 1 is 1.03 bits per heavy atom. The van der Waals surface area contributed by atoms with E-state index < -0.39 is 29.7 Å². The normalized spacial score (nSPS) is 14.1. The molecule has 0 heterocycles. The molecule has 2 amide bonds. The molecule has 0 saturated heterocycles. The number of carbonyl (C=O) groups excluding carboxylic acids is 3. The molecule has 8 heteroatoms. The third kappa shape index (κ3) is 6.57. The predicted octanol–water partition coefficient (Wildman–Crippen LogP) is 2.97. The van der Waals surface area contributed by atoms with Crippen molar-refractivity contribution in [2.75, 3.05) is 20.2 Å². The minimum absolute atomic E-state index is 0.0229. The van der Waals surface area contributed by atoms with E-state index in [2.05, 4.69) is 10.1 Å². The number of benzene rings is 2. The fourth-order valence-electron chi connectivity index (χ4n) is 3.93. The van der Waals surface area contributed by atoms with Gasteiger partial charge in [0.2, 0.25) is 0 Å². The summed E-state index contributed by atoms with van der Waals surface area (Å²) < 4.78 is 10.2. The highest BCUT2D eigenvalue weighted by Crippen LogP contribution is 2.27. The number of methoxy groups -OCH3 is 1. The van der Waals surface area contributed by atoms with Crippen LogP contribution in [0.4, 0.5) is 4.79 Å². The Kier molecular flexibility index (Phi) is 7.94. The number of hydrogen-bond acceptors (Lipinski definition) is 6. The largest absolute Gasteiger partial charge is 0.465 e. The minimum Gasteiger partial charge on any atom is -0.465 e. The minimum atomic E-state index is -0.991. The molecule has 0 unspecified atom stereocenters. The van der Waals surface area contributed by atoms with Crippen molar-refractivity contribution in [3.63, 3.8) is 0 Å². The Morgan fingerprint density at radius 3 is 2.12 bits per heavy atom. The van der Waals surface area contributed by atoms with Crippen LogP contribution in [0.25, 0.3) is 0 Å². The number of rotatable bonds is 7. The van der Waals surface area contributed by atoms with Crippen molar-refractivity contribution in [3.05, 3.63) is 70.8 Å². The molecule has 182 valence electrons. The van der Waals surface area contributed by atoms with Gasteiger partial charge in [-0.2, -0.15) is 0 Å². The molecule has 0 aromatic heterocycles. The van der Waals surface area contributed by atoms with Gasteiger partial charge in [-0.15, -0.1) is 0 Å². The van der Waals surface area contributed by atoms with E-state index in [0.29, 0.717) is 24.0 Å². The van der Waals surface area contributed by atoms with Crippen LogP contribution in [-0.2, 0) is 22.3 Å². The van der Waals surface area contributed by atoms with Crippen molar-refractivity contribution >= 4 is 18.0 Å². The number of hydrogen-bond donors (Lipinski definition) is 2. The lowest BCUT2D eigenvalue weighted by atomic mass is 10.1. The van der Waals surface area contributed by atoms with E-state index >= 15 is 0 Å². The number of nitrogens with one attached hydrogen (secondary N) is 1. The summed E-state index contributed by atoms with van der Waals surface area (Å²) in [6.07, 6.45) is -0.120. The average molecular weight is 469 g/mol. The molecule has 1 aliphatic rings. The first-order valence-electron chi connectivity index (χ1n) is 11.3. The van der Waals surface area contributed by atoms with Crippen LogP contribution in [0.3, 0.4) is 0 Å². The molecule has 0 saturated carbocycles. The van der Waals surface area contributed by atoms with E-state index in [1.807, 2.05) is 24.3 Å². The molecule has 0 aliphatic heterocycles. The molecule has 1 aliphatic carbocycles. The second-order valence-corrected chi connectivity index (χ2v) is 9.40. The summed E-state index contributed by atoms with van der Waals surface area (Å²) in [4.78, 5) is 38.5. The first-order chi connectivity index (χ1) is 16.1. The number of amides is 2. The smallest absolute Gasteiger partial charge is 0.410 e. The highest BCUT2D eigenvalue weighted by atomic mass is 16.6. The Labute approximate surface area is 199 Å². The van der Waals surface area contributed by atoms with Crippen molar-refractivity contribution < 1.29 is 29.0 Å². The quantitative estimate of drug-likeness (QED) is 0.606. The molecular weight excluding hydrogens is 436 g/mol. The van der Waals surface area contributed by atoms with Crippen LogP contribution in [-0.4, -0.2) is 65.9 Å². The van der Waals surface area contributed by atoms with Crippen molar-refractivity contribution in [3.8, 4) is 0 Å². The summed E-state index contributed by atoms with van der Waals surface area (Å²) in [6, 6.07) is 13.9. The third-order valence-corrected chi connectivity index (χ3v) is 5.57. The average Bonchev–Trinajstić information content (AvgIpc) is 3.23. The number of aliphatic hydroxyl groups is 1. The molecule has 8 nitrogen and oxygen atoms in total. The predicted molar refractivity (Wildman–Crippen MR) is 127 cm³/mol. The van der Waals surface area contributed by atoms with Gasteiger partial charge in [0.15, 0.2) is 0 Å². The summed E-state index contributed by atoms with van der Waals surface area (Å²) in [7, 11) is 1.29. The lowest BCUT2D eigenvalue weighted by Gasteiger charge is -2.33. The molecule has 34 heavy (non-hydrogen) atoms. The summed E-state index contributed by atoms with van der Waals surface area (Å²) in [5.74, 6) is -0.883. The maximum atomic E-state index is 13.0. The molecule has 0 fully saturated rings. The maximum Gasteiger partial charge on any atom is 0.410 e. The topological polar surface area (TPSA) is 105 Å². The van der Waals surface area contributed by atoms with Crippen LogP contribution in [0.15, 0.2) is 48.5 Å². The van der Waals surface area contributed by atoms with E-state index in [1.165, 1.54) is 42.5 Å². The van der Waals surface area contributed by atoms with Crippen molar-refractivity contribution in [1.82, 2.24) is 10.2 Å². The van der Waals surface area contributed by atoms with Gasteiger partial charge in [-0.05, 0) is 69.0 Å². The van der Waals surface area contributed by atoms with Gasteiger partial charge in [0.1, 0.15) is 5.60 Å². The fourth-order valence-corrected chi connectivity index (χ4v) is 3.93. The zero-order chi connectivity index (χ0) is 24.9. The van der Waals surface area contributed by atoms with Gasteiger partial charge in [0.05, 0.1) is 25.3 Å². The van der Waals surface area contributed by atoms with Crippen LogP contribution in [0, 0.1) is 0 Å². The van der Waals surface area contributed by atoms with Gasteiger partial charge in [-0.25, -0.2) is 9.59 Å². The summed E-state index contributed by atoms with van der Waals surface area (Å²) in [6.45, 7) is 5.38. The molecule has 0 radical (unpaired) electrons. The summed E-state index contributed by atoms with van der Waals surface area (Å²) in [5, 5.41) is 13.3. The fraction of sp³-hybridized carbons (Fsp3) is 0.423. The number of nitrogens with zero attached hydrogens (tertiary/aromatic N) is 1. The summed E-state index contributed by atoms with van der Waals surface area (Å²) >= 11 is 0. The van der Waals surface area contributed by atoms with Gasteiger partial charge < -0.3 is 24.8 Å². The van der Waals surface area contributed by atoms with E-state index in [-0.39, 0.29) is 19.1 Å². The monoisotopic (exact) mass is 468 g/mol. The van der Waals surface area contributed by atoms with E-state index in [0.717, 1.165) is 0 Å². The van der Waals surface area contributed by atoms with E-state index in [9.17, 15) is 19.5 Å². The first-order valence-corrected chi connectivity index (χ1v) is 11.3. The third-order valence-electron chi connectivity index (χ3n) is 5.57. The Balaban J connectivity index is 1.62. The number of fused-ring (bicyclic) bond motifs is 1. The maximum absolute atomic E-state index is 13.0. The lowest BCUT2D eigenvalue weighted by molar-refractivity contribution is 0.00507. The van der Waals surface area contributed by atoms with Crippen LogP contribution in [0.5, 0.6) is 0 Å². The Hall–Kier alpha value is -3.39. The highest BCUT2D eigenvalue weighted by Gasteiger charge is 2.34. The van der Waals surface area contributed by atoms with E-state index in [1.54, 1.807) is 25.7 Å². The van der Waals surface area contributed by atoms with Crippen LogP contribution >= 0.6 is 0 Å². The van der Waals surface area contributed by atoms with E-state index in [4.69, 9.17) is 4.74 Å². The van der Waals surface area contributed by atoms with Gasteiger partial charge in [-0.3, -0.25) is 4.79 Å². The highest BCUT2D eigenvalue weighted by molar-refractivity contribution is 5.96. The molecule has 3 rings (SSSR count). The second kappa shape index (κ2) is 10.7. The molecule has 2 aromatic rings. The van der Waals surface area contributed by atoms with Gasteiger partial charge in [0.25, 0.3) is 5.91 Å². The zero-order valence-corrected chi connectivity index (χ0v) is 20.0. The van der Waals surface area contributed by atoms with Crippen LogP contribution in [0.2, 0.25) is 0 Å². The van der Waals surface area contributed by atoms with Crippen molar-refractivity contribution in [2.45, 2.75) is 51.4 Å². The first kappa shape index (κ1) is 25.2. The van der Waals surface area contributed by atoms with Crippen molar-refractivity contribution in [2.24, 2.45) is 0 Å². The molecule has 0 bridgehead atoms. The second-order valence-electron chi connectivity index (χ2n) is 9.40. The molecule has 1 atom stereocenters. The van der Waals surface area contributed by atoms with Gasteiger partial charge >= 0.3 is 12.1 Å². The lowest BCUT2D eigenvalue weighted by Crippen LogP contribution is -2.49. The molecule has 0 spiro atoms. The van der Waals surface area contributed by atoms with Gasteiger partial charge in [-0.1, -0.05) is 24.3 Å². The standard InChI is InChI=1S/C26H32N2O6/c1-26(2,3)34-25(32)28(21-13-19-7-5-6-8-20(19)14-21)16-22(29)15-27-23(30)17-9-11-18(12-10-17)24(31)33-4/h5-12,21-22,29H,13-16H2,1-4H3,(H,27,30)/t22-/m1/s1. The van der Waals surface area contributed by atoms with Crippen LogP contribution in [0.1, 0.15) is 52.6 Å². The molecular formula is C26H32N2O6. The molecule has 2 aromatic carbocycles. The molecule has 2 N–H and O–H groups in total. The summed E-state index contributed by atoms with van der Waals surface area (Å²) in [5.41, 5.74) is 2.37.